The lowest BCUT2D eigenvalue weighted by Crippen LogP contribution is -2.46. The van der Waals surface area contributed by atoms with Crippen LogP contribution in [-0.4, -0.2) is 65.8 Å². The Morgan fingerprint density at radius 3 is 2.43 bits per heavy atom. The van der Waals surface area contributed by atoms with Crippen LogP contribution in [0, 0.1) is 5.92 Å². The van der Waals surface area contributed by atoms with Crippen molar-refractivity contribution in [2.24, 2.45) is 11.7 Å². The molecule has 3 aliphatic rings. The summed E-state index contributed by atoms with van der Waals surface area (Å²) in [6.45, 7) is 5.54. The molecule has 122 valence electrons. The van der Waals surface area contributed by atoms with Crippen molar-refractivity contribution in [3.8, 4) is 0 Å². The zero-order valence-corrected chi connectivity index (χ0v) is 13.4. The molecule has 0 bridgehead atoms. The molecule has 3 N–H and O–H groups in total. The zero-order valence-electron chi connectivity index (χ0n) is 13.4. The molecule has 21 heavy (non-hydrogen) atoms. The summed E-state index contributed by atoms with van der Waals surface area (Å²) in [6, 6.07) is 1.13. The summed E-state index contributed by atoms with van der Waals surface area (Å²) in [7, 11) is 0. The predicted molar refractivity (Wildman–Crippen MR) is 86.2 cm³/mol. The van der Waals surface area contributed by atoms with Crippen molar-refractivity contribution in [2.45, 2.75) is 69.6 Å². The Bertz CT molecular complexity index is 311. The molecule has 0 aromatic carbocycles. The van der Waals surface area contributed by atoms with E-state index in [2.05, 4.69) is 9.80 Å². The normalized spacial score (nSPS) is 32.0. The second kappa shape index (κ2) is 7.40. The molecule has 2 saturated heterocycles. The first-order chi connectivity index (χ1) is 10.2. The highest BCUT2D eigenvalue weighted by molar-refractivity contribution is 4.87. The fourth-order valence-corrected chi connectivity index (χ4v) is 4.56. The number of aliphatic hydroxyl groups is 1. The summed E-state index contributed by atoms with van der Waals surface area (Å²) in [5.74, 6) is 0.794. The van der Waals surface area contributed by atoms with Crippen LogP contribution in [0.25, 0.3) is 0 Å². The SMILES string of the molecule is NC1CCN(C2CCN(CC(O)CC3CCCC3)C2)CC1. The molecule has 2 heterocycles. The topological polar surface area (TPSA) is 52.7 Å². The molecule has 4 nitrogen and oxygen atoms in total. The largest absolute Gasteiger partial charge is 0.392 e. The molecule has 4 heteroatoms. The third-order valence-corrected chi connectivity index (χ3v) is 5.89. The van der Waals surface area contributed by atoms with Crippen molar-refractivity contribution in [2.75, 3.05) is 32.7 Å². The van der Waals surface area contributed by atoms with Crippen LogP contribution in [0.3, 0.4) is 0 Å². The molecule has 3 fully saturated rings. The van der Waals surface area contributed by atoms with Gasteiger partial charge in [0.1, 0.15) is 0 Å². The highest BCUT2D eigenvalue weighted by atomic mass is 16.3. The van der Waals surface area contributed by atoms with Crippen molar-refractivity contribution >= 4 is 0 Å². The van der Waals surface area contributed by atoms with E-state index in [9.17, 15) is 5.11 Å². The number of hydrogen-bond donors (Lipinski definition) is 2. The first-order valence-corrected chi connectivity index (χ1v) is 9.11. The quantitative estimate of drug-likeness (QED) is 0.805. The summed E-state index contributed by atoms with van der Waals surface area (Å²) in [4.78, 5) is 5.12. The smallest absolute Gasteiger partial charge is 0.0669 e. The fourth-order valence-electron chi connectivity index (χ4n) is 4.56. The minimum absolute atomic E-state index is 0.110. The van der Waals surface area contributed by atoms with Gasteiger partial charge < -0.3 is 10.8 Å². The standard InChI is InChI=1S/C17H33N3O/c18-15-5-9-20(10-6-15)16-7-8-19(12-16)13-17(21)11-14-3-1-2-4-14/h14-17,21H,1-13,18H2. The molecule has 0 aromatic heterocycles. The van der Waals surface area contributed by atoms with E-state index in [1.165, 1.54) is 45.2 Å². The first kappa shape index (κ1) is 15.7. The van der Waals surface area contributed by atoms with Crippen LogP contribution >= 0.6 is 0 Å². The number of nitrogens with two attached hydrogens (primary N) is 1. The van der Waals surface area contributed by atoms with Gasteiger partial charge in [-0.2, -0.15) is 0 Å². The van der Waals surface area contributed by atoms with Gasteiger partial charge in [-0.25, -0.2) is 0 Å². The Morgan fingerprint density at radius 1 is 1.00 bits per heavy atom. The molecule has 3 rings (SSSR count). The minimum Gasteiger partial charge on any atom is -0.392 e. The van der Waals surface area contributed by atoms with E-state index in [1.807, 2.05) is 0 Å². The Hall–Kier alpha value is -0.160. The second-order valence-corrected chi connectivity index (χ2v) is 7.62. The number of rotatable bonds is 5. The summed E-state index contributed by atoms with van der Waals surface area (Å²) >= 11 is 0. The van der Waals surface area contributed by atoms with E-state index in [-0.39, 0.29) is 6.10 Å². The molecular formula is C17H33N3O. The lowest BCUT2D eigenvalue weighted by atomic mass is 10.00. The van der Waals surface area contributed by atoms with E-state index in [4.69, 9.17) is 5.73 Å². The maximum absolute atomic E-state index is 10.3. The summed E-state index contributed by atoms with van der Waals surface area (Å²) < 4.78 is 0. The number of likely N-dealkylation sites (tertiary alicyclic amines) is 2. The van der Waals surface area contributed by atoms with E-state index in [0.717, 1.165) is 44.8 Å². The predicted octanol–water partition coefficient (Wildman–Crippen LogP) is 1.42. The monoisotopic (exact) mass is 295 g/mol. The Morgan fingerprint density at radius 2 is 1.71 bits per heavy atom. The average molecular weight is 295 g/mol. The van der Waals surface area contributed by atoms with Gasteiger partial charge in [-0.3, -0.25) is 9.80 Å². The molecule has 2 unspecified atom stereocenters. The molecule has 2 aliphatic heterocycles. The number of hydrogen-bond acceptors (Lipinski definition) is 4. The van der Waals surface area contributed by atoms with Crippen molar-refractivity contribution in [1.29, 1.82) is 0 Å². The molecule has 0 spiro atoms. The molecule has 0 radical (unpaired) electrons. The number of β-amino-alcohol motifs (C(OH)–C–C–N with tert-alkyl or cyclic N) is 1. The van der Waals surface area contributed by atoms with E-state index in [0.29, 0.717) is 12.1 Å². The molecular weight excluding hydrogens is 262 g/mol. The van der Waals surface area contributed by atoms with Crippen LogP contribution in [0.4, 0.5) is 0 Å². The summed E-state index contributed by atoms with van der Waals surface area (Å²) in [6.07, 6.45) is 9.93. The van der Waals surface area contributed by atoms with Gasteiger partial charge in [0.05, 0.1) is 6.10 Å². The van der Waals surface area contributed by atoms with Gasteiger partial charge >= 0.3 is 0 Å². The molecule has 0 amide bonds. The van der Waals surface area contributed by atoms with E-state index in [1.54, 1.807) is 0 Å². The van der Waals surface area contributed by atoms with Crippen molar-refractivity contribution in [3.05, 3.63) is 0 Å². The average Bonchev–Trinajstić information content (AvgIpc) is 3.11. The fraction of sp³-hybridized carbons (Fsp3) is 1.00. The van der Waals surface area contributed by atoms with Crippen LogP contribution in [-0.2, 0) is 0 Å². The Kier molecular flexibility index (Phi) is 5.54. The van der Waals surface area contributed by atoms with Crippen LogP contribution in [0.5, 0.6) is 0 Å². The first-order valence-electron chi connectivity index (χ1n) is 9.11. The van der Waals surface area contributed by atoms with E-state index < -0.39 is 0 Å². The van der Waals surface area contributed by atoms with Gasteiger partial charge in [0.15, 0.2) is 0 Å². The zero-order chi connectivity index (χ0) is 14.7. The highest BCUT2D eigenvalue weighted by Gasteiger charge is 2.31. The maximum atomic E-state index is 10.3. The lowest BCUT2D eigenvalue weighted by molar-refractivity contribution is 0.0936. The summed E-state index contributed by atoms with van der Waals surface area (Å²) in [5, 5.41) is 10.3. The number of nitrogens with zero attached hydrogens (tertiary/aromatic N) is 2. The molecule has 2 atom stereocenters. The van der Waals surface area contributed by atoms with Gasteiger partial charge in [-0.1, -0.05) is 25.7 Å². The van der Waals surface area contributed by atoms with Gasteiger partial charge in [-0.05, 0) is 51.2 Å². The van der Waals surface area contributed by atoms with Crippen molar-refractivity contribution in [3.63, 3.8) is 0 Å². The Labute approximate surface area is 129 Å². The molecule has 1 aliphatic carbocycles. The third-order valence-electron chi connectivity index (χ3n) is 5.89. The van der Waals surface area contributed by atoms with Crippen LogP contribution < -0.4 is 5.73 Å². The van der Waals surface area contributed by atoms with Crippen LogP contribution in [0.15, 0.2) is 0 Å². The van der Waals surface area contributed by atoms with Gasteiger partial charge in [0.25, 0.3) is 0 Å². The van der Waals surface area contributed by atoms with Crippen LogP contribution in [0.2, 0.25) is 0 Å². The third kappa shape index (κ3) is 4.41. The van der Waals surface area contributed by atoms with Gasteiger partial charge in [0.2, 0.25) is 0 Å². The maximum Gasteiger partial charge on any atom is 0.0669 e. The van der Waals surface area contributed by atoms with E-state index >= 15 is 0 Å². The molecule has 0 aromatic rings. The lowest BCUT2D eigenvalue weighted by Gasteiger charge is -2.34. The Balaban J connectivity index is 1.37. The number of aliphatic hydroxyl groups excluding tert-OH is 1. The van der Waals surface area contributed by atoms with Gasteiger partial charge in [0, 0.05) is 25.2 Å². The van der Waals surface area contributed by atoms with Gasteiger partial charge in [-0.15, -0.1) is 0 Å². The van der Waals surface area contributed by atoms with Crippen molar-refractivity contribution < 1.29 is 5.11 Å². The summed E-state index contributed by atoms with van der Waals surface area (Å²) in [5.41, 5.74) is 6.00. The number of piperidine rings is 1. The van der Waals surface area contributed by atoms with Crippen molar-refractivity contribution in [1.82, 2.24) is 9.80 Å². The highest BCUT2D eigenvalue weighted by Crippen LogP contribution is 2.29. The second-order valence-electron chi connectivity index (χ2n) is 7.62. The minimum atomic E-state index is -0.110. The molecule has 1 saturated carbocycles. The van der Waals surface area contributed by atoms with Crippen LogP contribution in [0.1, 0.15) is 51.4 Å².